The SMILES string of the molecule is CCN1[C@@H]2CCN(C(=O)c3ccno3)CC[C@H]2Oc2ccccc2S1(=O)=O. The normalized spacial score (nSPS) is 24.9. The zero-order valence-electron chi connectivity index (χ0n) is 14.9. The van der Waals surface area contributed by atoms with E-state index in [9.17, 15) is 13.2 Å². The van der Waals surface area contributed by atoms with Crippen LogP contribution in [0.2, 0.25) is 0 Å². The standard InChI is InChI=1S/C18H21N3O5S/c1-2-21-13-8-11-20(18(22)16-7-10-19-26-16)12-9-14(13)25-15-5-3-4-6-17(15)27(21,23)24/h3-7,10,13-14H,2,8-9,11-12H2,1H3/t13-,14-/m1/s1. The number of carbonyl (C=O) groups is 1. The minimum Gasteiger partial charge on any atom is -0.487 e. The fourth-order valence-corrected chi connectivity index (χ4v) is 5.66. The van der Waals surface area contributed by atoms with Gasteiger partial charge in [-0.25, -0.2) is 8.42 Å². The Morgan fingerprint density at radius 3 is 2.74 bits per heavy atom. The fourth-order valence-electron chi connectivity index (χ4n) is 3.85. The minimum atomic E-state index is -3.66. The number of hydrogen-bond donors (Lipinski definition) is 0. The second-order valence-electron chi connectivity index (χ2n) is 6.62. The maximum absolute atomic E-state index is 13.2. The van der Waals surface area contributed by atoms with E-state index in [1.165, 1.54) is 16.6 Å². The van der Waals surface area contributed by atoms with Crippen LogP contribution < -0.4 is 4.74 Å². The molecule has 0 saturated carbocycles. The van der Waals surface area contributed by atoms with Crippen molar-refractivity contribution in [2.24, 2.45) is 0 Å². The van der Waals surface area contributed by atoms with E-state index in [1.807, 2.05) is 6.92 Å². The number of fused-ring (bicyclic) bond motifs is 2. The molecule has 0 bridgehead atoms. The van der Waals surface area contributed by atoms with Crippen molar-refractivity contribution < 1.29 is 22.5 Å². The molecular weight excluding hydrogens is 370 g/mol. The van der Waals surface area contributed by atoms with Gasteiger partial charge in [0.1, 0.15) is 16.7 Å². The van der Waals surface area contributed by atoms with E-state index in [-0.39, 0.29) is 28.7 Å². The van der Waals surface area contributed by atoms with Gasteiger partial charge in [-0.3, -0.25) is 4.79 Å². The van der Waals surface area contributed by atoms with Crippen LogP contribution in [-0.4, -0.2) is 60.5 Å². The van der Waals surface area contributed by atoms with Crippen molar-refractivity contribution in [2.75, 3.05) is 19.6 Å². The van der Waals surface area contributed by atoms with Crippen LogP contribution in [0.4, 0.5) is 0 Å². The molecule has 9 heteroatoms. The predicted molar refractivity (Wildman–Crippen MR) is 95.9 cm³/mol. The highest BCUT2D eigenvalue weighted by molar-refractivity contribution is 7.89. The lowest BCUT2D eigenvalue weighted by atomic mass is 10.1. The van der Waals surface area contributed by atoms with Gasteiger partial charge in [0.2, 0.25) is 15.8 Å². The zero-order valence-corrected chi connectivity index (χ0v) is 15.8. The average Bonchev–Trinajstić information content (AvgIpc) is 3.09. The van der Waals surface area contributed by atoms with Crippen molar-refractivity contribution in [1.82, 2.24) is 14.4 Å². The second-order valence-corrected chi connectivity index (χ2v) is 8.48. The Balaban J connectivity index is 1.65. The summed E-state index contributed by atoms with van der Waals surface area (Å²) in [5.41, 5.74) is 0. The molecule has 0 radical (unpaired) electrons. The molecule has 0 aliphatic carbocycles. The summed E-state index contributed by atoms with van der Waals surface area (Å²) >= 11 is 0. The van der Waals surface area contributed by atoms with Crippen molar-refractivity contribution in [2.45, 2.75) is 36.8 Å². The number of carbonyl (C=O) groups excluding carboxylic acids is 1. The number of benzene rings is 1. The molecule has 2 aliphatic rings. The molecule has 27 heavy (non-hydrogen) atoms. The van der Waals surface area contributed by atoms with E-state index in [0.29, 0.717) is 38.2 Å². The summed E-state index contributed by atoms with van der Waals surface area (Å²) < 4.78 is 38.9. The Morgan fingerprint density at radius 1 is 1.22 bits per heavy atom. The van der Waals surface area contributed by atoms with E-state index in [4.69, 9.17) is 9.26 Å². The Hall–Kier alpha value is -2.39. The zero-order chi connectivity index (χ0) is 19.0. The summed E-state index contributed by atoms with van der Waals surface area (Å²) in [6.45, 7) is 3.05. The molecule has 0 N–H and O–H groups in total. The Labute approximate surface area is 157 Å². The highest BCUT2D eigenvalue weighted by Crippen LogP contribution is 2.36. The van der Waals surface area contributed by atoms with Crippen molar-refractivity contribution >= 4 is 15.9 Å². The lowest BCUT2D eigenvalue weighted by molar-refractivity contribution is 0.0713. The number of nitrogens with zero attached hydrogens (tertiary/aromatic N) is 3. The van der Waals surface area contributed by atoms with Gasteiger partial charge in [-0.05, 0) is 18.6 Å². The Kier molecular flexibility index (Phi) is 4.65. The number of likely N-dealkylation sites (N-methyl/N-ethyl adjacent to an activating group) is 1. The first-order valence-electron chi connectivity index (χ1n) is 9.00. The lowest BCUT2D eigenvalue weighted by Crippen LogP contribution is -2.47. The topological polar surface area (TPSA) is 92.9 Å². The van der Waals surface area contributed by atoms with Gasteiger partial charge in [0.15, 0.2) is 0 Å². The van der Waals surface area contributed by atoms with Crippen molar-refractivity contribution in [1.29, 1.82) is 0 Å². The van der Waals surface area contributed by atoms with Crippen LogP contribution in [0.15, 0.2) is 45.9 Å². The molecule has 0 spiro atoms. The highest BCUT2D eigenvalue weighted by Gasteiger charge is 2.43. The first kappa shape index (κ1) is 18.0. The Morgan fingerprint density at radius 2 is 2.00 bits per heavy atom. The van der Waals surface area contributed by atoms with Crippen LogP contribution in [0.3, 0.4) is 0 Å². The smallest absolute Gasteiger partial charge is 0.292 e. The molecule has 3 heterocycles. The van der Waals surface area contributed by atoms with Gasteiger partial charge in [0.05, 0.1) is 12.2 Å². The third-order valence-electron chi connectivity index (χ3n) is 5.14. The molecule has 4 rings (SSSR count). The minimum absolute atomic E-state index is 0.184. The molecule has 1 aromatic heterocycles. The number of aromatic nitrogens is 1. The van der Waals surface area contributed by atoms with Crippen LogP contribution >= 0.6 is 0 Å². The molecule has 1 fully saturated rings. The van der Waals surface area contributed by atoms with Gasteiger partial charge < -0.3 is 14.2 Å². The lowest BCUT2D eigenvalue weighted by Gasteiger charge is -2.30. The van der Waals surface area contributed by atoms with Crippen LogP contribution in [0, 0.1) is 0 Å². The molecule has 2 atom stereocenters. The summed E-state index contributed by atoms with van der Waals surface area (Å²) in [5, 5.41) is 3.58. The molecular formula is C18H21N3O5S. The number of likely N-dealkylation sites (tertiary alicyclic amines) is 1. The molecule has 1 amide bonds. The van der Waals surface area contributed by atoms with E-state index in [1.54, 1.807) is 29.2 Å². The van der Waals surface area contributed by atoms with Gasteiger partial charge in [0, 0.05) is 32.1 Å². The summed E-state index contributed by atoms with van der Waals surface area (Å²) in [4.78, 5) is 14.5. The van der Waals surface area contributed by atoms with Crippen molar-refractivity contribution in [3.8, 4) is 5.75 Å². The first-order chi connectivity index (χ1) is 13.0. The molecule has 144 valence electrons. The van der Waals surface area contributed by atoms with Crippen molar-refractivity contribution in [3.63, 3.8) is 0 Å². The maximum atomic E-state index is 13.2. The van der Waals surface area contributed by atoms with E-state index < -0.39 is 10.0 Å². The summed E-state index contributed by atoms with van der Waals surface area (Å²) in [5.74, 6) is 0.317. The quantitative estimate of drug-likeness (QED) is 0.774. The van der Waals surface area contributed by atoms with E-state index >= 15 is 0 Å². The number of amides is 1. The third kappa shape index (κ3) is 3.10. The number of para-hydroxylation sites is 1. The van der Waals surface area contributed by atoms with Crippen LogP contribution in [0.25, 0.3) is 0 Å². The van der Waals surface area contributed by atoms with Crippen molar-refractivity contribution in [3.05, 3.63) is 42.3 Å². The number of sulfonamides is 1. The molecule has 1 aromatic carbocycles. The summed E-state index contributed by atoms with van der Waals surface area (Å²) in [6, 6.07) is 7.93. The van der Waals surface area contributed by atoms with Gasteiger partial charge in [-0.15, -0.1) is 0 Å². The molecule has 1 saturated heterocycles. The number of hydrogen-bond acceptors (Lipinski definition) is 6. The van der Waals surface area contributed by atoms with Crippen LogP contribution in [-0.2, 0) is 10.0 Å². The largest absolute Gasteiger partial charge is 0.487 e. The Bertz CT molecular complexity index is 928. The molecule has 2 aromatic rings. The molecule has 2 aliphatic heterocycles. The molecule has 8 nitrogen and oxygen atoms in total. The van der Waals surface area contributed by atoms with Crippen LogP contribution in [0.1, 0.15) is 30.3 Å². The van der Waals surface area contributed by atoms with Gasteiger partial charge in [-0.2, -0.15) is 4.31 Å². The third-order valence-corrected chi connectivity index (χ3v) is 7.18. The van der Waals surface area contributed by atoms with Gasteiger partial charge in [0.25, 0.3) is 5.91 Å². The average molecular weight is 391 g/mol. The monoisotopic (exact) mass is 391 g/mol. The van der Waals surface area contributed by atoms with Crippen LogP contribution in [0.5, 0.6) is 5.75 Å². The summed E-state index contributed by atoms with van der Waals surface area (Å²) in [7, 11) is -3.66. The van der Waals surface area contributed by atoms with E-state index in [0.717, 1.165) is 0 Å². The van der Waals surface area contributed by atoms with Gasteiger partial charge in [-0.1, -0.05) is 24.2 Å². The fraction of sp³-hybridized carbons (Fsp3) is 0.444. The highest BCUT2D eigenvalue weighted by atomic mass is 32.2. The summed E-state index contributed by atoms with van der Waals surface area (Å²) in [6.07, 6.45) is 2.13. The van der Waals surface area contributed by atoms with E-state index in [2.05, 4.69) is 5.16 Å². The second kappa shape index (κ2) is 6.97. The van der Waals surface area contributed by atoms with Gasteiger partial charge >= 0.3 is 0 Å². The number of ether oxygens (including phenoxy) is 1. The maximum Gasteiger partial charge on any atom is 0.292 e. The predicted octanol–water partition coefficient (Wildman–Crippen LogP) is 1.75. The molecule has 0 unspecified atom stereocenters. The first-order valence-corrected chi connectivity index (χ1v) is 10.4. The number of rotatable bonds is 2.